The highest BCUT2D eigenvalue weighted by atomic mass is 32.1. The van der Waals surface area contributed by atoms with Gasteiger partial charge in [-0.2, -0.15) is 0 Å². The summed E-state index contributed by atoms with van der Waals surface area (Å²) in [6, 6.07) is 11.0. The molecule has 1 aromatic heterocycles. The molecule has 1 aliphatic rings. The van der Waals surface area contributed by atoms with Crippen LogP contribution in [-0.4, -0.2) is 11.7 Å². The summed E-state index contributed by atoms with van der Waals surface area (Å²) in [7, 11) is 0. The number of aryl methyl sites for hydroxylation is 1. The molecule has 0 saturated carbocycles. The van der Waals surface area contributed by atoms with Crippen LogP contribution in [0.15, 0.2) is 36.4 Å². The molecule has 1 unspecified atom stereocenters. The number of nitrogens with one attached hydrogen (secondary N) is 1. The maximum absolute atomic E-state index is 12.4. The van der Waals surface area contributed by atoms with Gasteiger partial charge >= 0.3 is 0 Å². The van der Waals surface area contributed by atoms with Crippen molar-refractivity contribution in [3.8, 4) is 0 Å². The minimum absolute atomic E-state index is 0.107. The Bertz CT molecular complexity index is 630. The first-order chi connectivity index (χ1) is 8.66. The van der Waals surface area contributed by atoms with Crippen LogP contribution in [0.25, 0.3) is 0 Å². The maximum atomic E-state index is 12.4. The number of rotatable bonds is 1. The maximum Gasteiger partial charge on any atom is 0.240 e. The quantitative estimate of drug-likeness (QED) is 0.798. The van der Waals surface area contributed by atoms with Crippen molar-refractivity contribution in [2.24, 2.45) is 0 Å². The Hall–Kier alpha value is -1.94. The average molecular weight is 257 g/mol. The van der Waals surface area contributed by atoms with E-state index in [9.17, 15) is 9.59 Å². The molecule has 0 fully saturated rings. The third kappa shape index (κ3) is 1.66. The smallest absolute Gasteiger partial charge is 0.240 e. The van der Waals surface area contributed by atoms with E-state index in [2.05, 4.69) is 5.32 Å². The van der Waals surface area contributed by atoms with E-state index in [0.29, 0.717) is 10.6 Å². The largest absolute Gasteiger partial charge is 0.316 e. The van der Waals surface area contributed by atoms with Crippen molar-refractivity contribution in [1.29, 1.82) is 0 Å². The number of Topliss-reactive ketones (excluding diaryl/α,β-unsaturated/α-hetero) is 1. The summed E-state index contributed by atoms with van der Waals surface area (Å²) in [5, 5.41) is 3.49. The molecule has 1 N–H and O–H groups in total. The van der Waals surface area contributed by atoms with Gasteiger partial charge in [0.25, 0.3) is 0 Å². The van der Waals surface area contributed by atoms with Gasteiger partial charge in [-0.05, 0) is 18.6 Å². The van der Waals surface area contributed by atoms with E-state index in [1.807, 2.05) is 43.3 Å². The number of carbonyl (C=O) groups excluding carboxylic acids is 2. The van der Waals surface area contributed by atoms with Crippen LogP contribution in [0.2, 0.25) is 0 Å². The van der Waals surface area contributed by atoms with Crippen molar-refractivity contribution < 1.29 is 9.59 Å². The summed E-state index contributed by atoms with van der Waals surface area (Å²) in [6.45, 7) is 1.93. The van der Waals surface area contributed by atoms with Gasteiger partial charge in [0.2, 0.25) is 5.91 Å². The molecule has 2 heterocycles. The highest BCUT2D eigenvalue weighted by Gasteiger charge is 2.36. The van der Waals surface area contributed by atoms with E-state index >= 15 is 0 Å². The molecule has 2 aromatic rings. The zero-order valence-electron chi connectivity index (χ0n) is 9.77. The zero-order valence-corrected chi connectivity index (χ0v) is 10.6. The van der Waals surface area contributed by atoms with Crippen LogP contribution in [0.1, 0.15) is 26.7 Å². The first kappa shape index (κ1) is 11.2. The molecule has 0 saturated heterocycles. The predicted octanol–water partition coefficient (Wildman–Crippen LogP) is 2.98. The molecular formula is C14H11NO2S. The van der Waals surface area contributed by atoms with Gasteiger partial charge in [-0.15, -0.1) is 11.3 Å². The molecule has 4 heteroatoms. The van der Waals surface area contributed by atoms with E-state index in [-0.39, 0.29) is 11.7 Å². The summed E-state index contributed by atoms with van der Waals surface area (Å²) >= 11 is 1.44. The Morgan fingerprint density at radius 1 is 1.17 bits per heavy atom. The van der Waals surface area contributed by atoms with E-state index in [1.165, 1.54) is 11.3 Å². The van der Waals surface area contributed by atoms with E-state index in [4.69, 9.17) is 0 Å². The lowest BCUT2D eigenvalue weighted by Crippen LogP contribution is -2.32. The van der Waals surface area contributed by atoms with Gasteiger partial charge in [0, 0.05) is 4.88 Å². The number of benzene rings is 1. The molecule has 1 atom stereocenters. The third-order valence-electron chi connectivity index (χ3n) is 3.01. The molecular weight excluding hydrogens is 246 g/mol. The Morgan fingerprint density at radius 2 is 1.89 bits per heavy atom. The van der Waals surface area contributed by atoms with Gasteiger partial charge in [0.15, 0.2) is 5.78 Å². The minimum Gasteiger partial charge on any atom is -0.316 e. The number of fused-ring (bicyclic) bond motifs is 1. The number of hydrogen-bond acceptors (Lipinski definition) is 3. The average Bonchev–Trinajstić information content (AvgIpc) is 2.71. The number of hydrogen-bond donors (Lipinski definition) is 1. The second kappa shape index (κ2) is 4.07. The second-order valence-electron chi connectivity index (χ2n) is 4.30. The molecule has 0 aliphatic carbocycles. The third-order valence-corrected chi connectivity index (χ3v) is 3.98. The van der Waals surface area contributed by atoms with E-state index < -0.39 is 5.92 Å². The van der Waals surface area contributed by atoms with Gasteiger partial charge in [-0.1, -0.05) is 30.3 Å². The van der Waals surface area contributed by atoms with Gasteiger partial charge in [-0.25, -0.2) is 0 Å². The van der Waals surface area contributed by atoms with Gasteiger partial charge < -0.3 is 5.32 Å². The van der Waals surface area contributed by atoms with Crippen LogP contribution >= 0.6 is 11.3 Å². The number of amides is 1. The Morgan fingerprint density at radius 3 is 2.61 bits per heavy atom. The normalized spacial score (nSPS) is 18.4. The molecule has 1 aliphatic heterocycles. The molecule has 0 bridgehead atoms. The SMILES string of the molecule is Cc1cc2c(s1)NC(=O)C(c1ccccc1)C2=O. The van der Waals surface area contributed by atoms with Crippen molar-refractivity contribution in [2.75, 3.05) is 5.32 Å². The van der Waals surface area contributed by atoms with E-state index in [1.54, 1.807) is 0 Å². The standard InChI is InChI=1S/C14H11NO2S/c1-8-7-10-12(16)11(9-5-3-2-4-6-9)13(17)15-14(10)18-8/h2-7,11H,1H3,(H,15,17). The zero-order chi connectivity index (χ0) is 12.7. The van der Waals surface area contributed by atoms with Crippen molar-refractivity contribution >= 4 is 28.0 Å². The fraction of sp³-hybridized carbons (Fsp3) is 0.143. The van der Waals surface area contributed by atoms with Crippen molar-refractivity contribution in [3.05, 3.63) is 52.4 Å². The van der Waals surface area contributed by atoms with Crippen molar-refractivity contribution in [3.63, 3.8) is 0 Å². The summed E-state index contributed by atoms with van der Waals surface area (Å²) < 4.78 is 0. The van der Waals surface area contributed by atoms with E-state index in [0.717, 1.165) is 10.4 Å². The van der Waals surface area contributed by atoms with Crippen LogP contribution in [0.3, 0.4) is 0 Å². The van der Waals surface area contributed by atoms with Crippen LogP contribution in [-0.2, 0) is 4.79 Å². The monoisotopic (exact) mass is 257 g/mol. The molecule has 18 heavy (non-hydrogen) atoms. The molecule has 0 spiro atoms. The number of carbonyl (C=O) groups is 2. The van der Waals surface area contributed by atoms with Crippen molar-refractivity contribution in [2.45, 2.75) is 12.8 Å². The summed E-state index contributed by atoms with van der Waals surface area (Å²) in [5.74, 6) is -1.06. The predicted molar refractivity (Wildman–Crippen MR) is 71.2 cm³/mol. The lowest BCUT2D eigenvalue weighted by Gasteiger charge is -2.20. The fourth-order valence-corrected chi connectivity index (χ4v) is 3.12. The van der Waals surface area contributed by atoms with Crippen LogP contribution in [0.4, 0.5) is 5.00 Å². The van der Waals surface area contributed by atoms with Gasteiger partial charge in [0.1, 0.15) is 10.9 Å². The highest BCUT2D eigenvalue weighted by molar-refractivity contribution is 7.16. The number of thiophene rings is 1. The Balaban J connectivity index is 2.09. The molecule has 3 rings (SSSR count). The molecule has 1 amide bonds. The first-order valence-electron chi connectivity index (χ1n) is 5.67. The summed E-state index contributed by atoms with van der Waals surface area (Å²) in [4.78, 5) is 25.5. The molecule has 0 radical (unpaired) electrons. The van der Waals surface area contributed by atoms with Crippen LogP contribution < -0.4 is 5.32 Å². The lowest BCUT2D eigenvalue weighted by atomic mass is 9.88. The highest BCUT2D eigenvalue weighted by Crippen LogP contribution is 2.36. The molecule has 1 aromatic carbocycles. The van der Waals surface area contributed by atoms with Crippen molar-refractivity contribution in [1.82, 2.24) is 0 Å². The van der Waals surface area contributed by atoms with Crippen LogP contribution in [0, 0.1) is 6.92 Å². The summed E-state index contributed by atoms with van der Waals surface area (Å²) in [6.07, 6.45) is 0. The Labute approximate surface area is 108 Å². The fourth-order valence-electron chi connectivity index (χ4n) is 2.20. The van der Waals surface area contributed by atoms with Gasteiger partial charge in [0.05, 0.1) is 5.56 Å². The number of anilines is 1. The topological polar surface area (TPSA) is 46.2 Å². The number of ketones is 1. The Kier molecular flexibility index (Phi) is 2.52. The lowest BCUT2D eigenvalue weighted by molar-refractivity contribution is -0.116. The van der Waals surface area contributed by atoms with Gasteiger partial charge in [-0.3, -0.25) is 9.59 Å². The molecule has 3 nitrogen and oxygen atoms in total. The summed E-state index contributed by atoms with van der Waals surface area (Å²) in [5.41, 5.74) is 1.38. The molecule has 90 valence electrons. The first-order valence-corrected chi connectivity index (χ1v) is 6.49. The second-order valence-corrected chi connectivity index (χ2v) is 5.55. The van der Waals surface area contributed by atoms with Crippen LogP contribution in [0.5, 0.6) is 0 Å². The minimum atomic E-state index is -0.715.